The van der Waals surface area contributed by atoms with Crippen molar-refractivity contribution in [3.63, 3.8) is 0 Å². The molecule has 1 aliphatic rings. The molecule has 31 heavy (non-hydrogen) atoms. The van der Waals surface area contributed by atoms with Gasteiger partial charge in [0.2, 0.25) is 5.76 Å². The quantitative estimate of drug-likeness (QED) is 0.534. The molecular formula is C24H21NO6. The molecule has 7 nitrogen and oxygen atoms in total. The lowest BCUT2D eigenvalue weighted by molar-refractivity contribution is -0.145. The van der Waals surface area contributed by atoms with Gasteiger partial charge in [0.25, 0.3) is 5.91 Å². The Labute approximate surface area is 178 Å². The minimum Gasteiger partial charge on any atom is -0.461 e. The summed E-state index contributed by atoms with van der Waals surface area (Å²) >= 11 is 0. The SMILES string of the molecule is C=C1c2ccccc2C(=O)N1CCC(=O)OCc1c(C(=O)OCC)oc2ccccc12. The fourth-order valence-electron chi connectivity index (χ4n) is 3.60. The molecule has 0 atom stereocenters. The van der Waals surface area contributed by atoms with Crippen LogP contribution < -0.4 is 0 Å². The number of esters is 2. The normalized spacial score (nSPS) is 12.9. The van der Waals surface area contributed by atoms with Crippen molar-refractivity contribution in [2.45, 2.75) is 20.0 Å². The van der Waals surface area contributed by atoms with Gasteiger partial charge in [0.05, 0.1) is 18.6 Å². The Bertz CT molecular complexity index is 1160. The number of carbonyl (C=O) groups is 3. The van der Waals surface area contributed by atoms with Crippen LogP contribution in [0.4, 0.5) is 0 Å². The van der Waals surface area contributed by atoms with Crippen molar-refractivity contribution in [2.75, 3.05) is 13.2 Å². The predicted molar refractivity (Wildman–Crippen MR) is 113 cm³/mol. The molecule has 0 N–H and O–H groups in total. The zero-order valence-corrected chi connectivity index (χ0v) is 17.1. The van der Waals surface area contributed by atoms with Crippen LogP contribution in [0.25, 0.3) is 16.7 Å². The summed E-state index contributed by atoms with van der Waals surface area (Å²) in [5, 5.41) is 0.678. The molecule has 4 rings (SSSR count). The molecule has 1 amide bonds. The molecule has 0 bridgehead atoms. The minimum absolute atomic E-state index is 0.0106. The van der Waals surface area contributed by atoms with Gasteiger partial charge in [0.1, 0.15) is 12.2 Å². The van der Waals surface area contributed by atoms with E-state index in [9.17, 15) is 14.4 Å². The van der Waals surface area contributed by atoms with Gasteiger partial charge in [-0.05, 0) is 19.1 Å². The van der Waals surface area contributed by atoms with E-state index in [4.69, 9.17) is 13.9 Å². The van der Waals surface area contributed by atoms with Crippen LogP contribution in [0.5, 0.6) is 0 Å². The Morgan fingerprint density at radius 3 is 2.48 bits per heavy atom. The summed E-state index contributed by atoms with van der Waals surface area (Å²) < 4.78 is 16.1. The highest BCUT2D eigenvalue weighted by Gasteiger charge is 2.31. The van der Waals surface area contributed by atoms with Crippen LogP contribution in [0.15, 0.2) is 59.5 Å². The maximum atomic E-state index is 12.5. The molecule has 0 saturated heterocycles. The maximum Gasteiger partial charge on any atom is 0.374 e. The molecule has 0 spiro atoms. The molecule has 158 valence electrons. The van der Waals surface area contributed by atoms with Gasteiger partial charge in [-0.1, -0.05) is 43.0 Å². The second kappa shape index (κ2) is 8.47. The first-order valence-electron chi connectivity index (χ1n) is 9.94. The highest BCUT2D eigenvalue weighted by Crippen LogP contribution is 2.31. The number of amides is 1. The molecule has 0 fully saturated rings. The number of carbonyl (C=O) groups excluding carboxylic acids is 3. The lowest BCUT2D eigenvalue weighted by atomic mass is 10.1. The summed E-state index contributed by atoms with van der Waals surface area (Å²) in [7, 11) is 0. The fourth-order valence-corrected chi connectivity index (χ4v) is 3.60. The molecule has 3 aromatic rings. The topological polar surface area (TPSA) is 86.0 Å². The first kappa shape index (κ1) is 20.4. The van der Waals surface area contributed by atoms with Gasteiger partial charge in [0.15, 0.2) is 0 Å². The number of fused-ring (bicyclic) bond motifs is 2. The van der Waals surface area contributed by atoms with E-state index >= 15 is 0 Å². The molecular weight excluding hydrogens is 398 g/mol. The third kappa shape index (κ3) is 3.82. The number of benzene rings is 2. The van der Waals surface area contributed by atoms with E-state index in [1.54, 1.807) is 43.3 Å². The number of para-hydroxylation sites is 1. The predicted octanol–water partition coefficient (Wildman–Crippen LogP) is 4.17. The Morgan fingerprint density at radius 2 is 1.74 bits per heavy atom. The van der Waals surface area contributed by atoms with E-state index in [0.717, 1.165) is 5.56 Å². The van der Waals surface area contributed by atoms with Gasteiger partial charge < -0.3 is 18.8 Å². The molecule has 0 radical (unpaired) electrons. The molecule has 0 saturated carbocycles. The van der Waals surface area contributed by atoms with Gasteiger partial charge in [0, 0.05) is 28.8 Å². The van der Waals surface area contributed by atoms with Crippen molar-refractivity contribution in [3.05, 3.63) is 77.6 Å². The Balaban J connectivity index is 1.42. The van der Waals surface area contributed by atoms with Crippen LogP contribution >= 0.6 is 0 Å². The number of furan rings is 1. The summed E-state index contributed by atoms with van der Waals surface area (Å²) in [4.78, 5) is 38.7. The molecule has 2 aromatic carbocycles. The van der Waals surface area contributed by atoms with E-state index in [1.807, 2.05) is 12.1 Å². The van der Waals surface area contributed by atoms with E-state index in [0.29, 0.717) is 27.8 Å². The molecule has 2 heterocycles. The summed E-state index contributed by atoms with van der Waals surface area (Å²) in [5.74, 6) is -1.27. The van der Waals surface area contributed by atoms with E-state index in [1.165, 1.54) is 4.90 Å². The summed E-state index contributed by atoms with van der Waals surface area (Å²) in [6.45, 7) is 5.88. The Hall–Kier alpha value is -3.87. The van der Waals surface area contributed by atoms with Gasteiger partial charge in [-0.2, -0.15) is 0 Å². The van der Waals surface area contributed by atoms with Crippen LogP contribution in [0.3, 0.4) is 0 Å². The van der Waals surface area contributed by atoms with Crippen LogP contribution in [0.1, 0.15) is 45.4 Å². The third-order valence-corrected chi connectivity index (χ3v) is 5.12. The van der Waals surface area contributed by atoms with E-state index in [2.05, 4.69) is 6.58 Å². The fraction of sp³-hybridized carbons (Fsp3) is 0.208. The van der Waals surface area contributed by atoms with Crippen LogP contribution in [-0.4, -0.2) is 35.9 Å². The number of nitrogens with zero attached hydrogens (tertiary/aromatic N) is 1. The highest BCUT2D eigenvalue weighted by atomic mass is 16.5. The zero-order chi connectivity index (χ0) is 22.0. The Morgan fingerprint density at radius 1 is 1.03 bits per heavy atom. The lowest BCUT2D eigenvalue weighted by Crippen LogP contribution is -2.26. The maximum absolute atomic E-state index is 12.5. The monoisotopic (exact) mass is 419 g/mol. The second-order valence-electron chi connectivity index (χ2n) is 6.99. The van der Waals surface area contributed by atoms with Gasteiger partial charge in [-0.15, -0.1) is 0 Å². The average molecular weight is 419 g/mol. The third-order valence-electron chi connectivity index (χ3n) is 5.12. The summed E-state index contributed by atoms with van der Waals surface area (Å²) in [6, 6.07) is 14.3. The average Bonchev–Trinajstić information content (AvgIpc) is 3.27. The van der Waals surface area contributed by atoms with Crippen molar-refractivity contribution in [2.24, 2.45) is 0 Å². The molecule has 7 heteroatoms. The first-order chi connectivity index (χ1) is 15.0. The molecule has 1 aromatic heterocycles. The summed E-state index contributed by atoms with van der Waals surface area (Å²) in [6.07, 6.45) is -0.0106. The number of hydrogen-bond donors (Lipinski definition) is 0. The molecule has 1 aliphatic heterocycles. The standard InChI is InChI=1S/C24H21NO6/c1-3-29-24(28)22-19(17-9-6-7-11-20(17)31-22)14-30-21(26)12-13-25-15(2)16-8-4-5-10-18(16)23(25)27/h4-11H,2-3,12-14H2,1H3. The van der Waals surface area contributed by atoms with E-state index in [-0.39, 0.29) is 37.8 Å². The van der Waals surface area contributed by atoms with Crippen LogP contribution in [0, 0.1) is 0 Å². The zero-order valence-electron chi connectivity index (χ0n) is 17.1. The highest BCUT2D eigenvalue weighted by molar-refractivity contribution is 6.08. The van der Waals surface area contributed by atoms with Gasteiger partial charge in [-0.3, -0.25) is 9.59 Å². The van der Waals surface area contributed by atoms with Gasteiger partial charge >= 0.3 is 11.9 Å². The van der Waals surface area contributed by atoms with Crippen LogP contribution in [-0.2, 0) is 20.9 Å². The van der Waals surface area contributed by atoms with Crippen LogP contribution in [0.2, 0.25) is 0 Å². The summed E-state index contributed by atoms with van der Waals surface area (Å²) in [5.41, 5.74) is 2.87. The van der Waals surface area contributed by atoms with Crippen molar-refractivity contribution in [3.8, 4) is 0 Å². The number of rotatable bonds is 7. The van der Waals surface area contributed by atoms with E-state index < -0.39 is 11.9 Å². The van der Waals surface area contributed by atoms with Crippen molar-refractivity contribution in [1.82, 2.24) is 4.90 Å². The van der Waals surface area contributed by atoms with Crippen molar-refractivity contribution < 1.29 is 28.3 Å². The second-order valence-corrected chi connectivity index (χ2v) is 6.99. The minimum atomic E-state index is -0.610. The largest absolute Gasteiger partial charge is 0.461 e. The molecule has 0 unspecified atom stereocenters. The number of hydrogen-bond acceptors (Lipinski definition) is 6. The molecule has 0 aliphatic carbocycles. The van der Waals surface area contributed by atoms with Crippen molar-refractivity contribution >= 4 is 34.5 Å². The smallest absolute Gasteiger partial charge is 0.374 e. The lowest BCUT2D eigenvalue weighted by Gasteiger charge is -2.16. The number of ether oxygens (including phenoxy) is 2. The first-order valence-corrected chi connectivity index (χ1v) is 9.94. The Kier molecular flexibility index (Phi) is 5.58. The van der Waals surface area contributed by atoms with Gasteiger partial charge in [-0.25, -0.2) is 4.79 Å². The van der Waals surface area contributed by atoms with Crippen molar-refractivity contribution in [1.29, 1.82) is 0 Å².